The molecule has 0 aliphatic carbocycles. The number of nitrogens with zero attached hydrogens (tertiary/aromatic N) is 1. The van der Waals surface area contributed by atoms with Gasteiger partial charge in [-0.2, -0.15) is 0 Å². The molecule has 0 saturated heterocycles. The second-order valence-electron chi connectivity index (χ2n) is 4.42. The molecule has 1 heterocycles. The number of nitrogens with one attached hydrogen (secondary N) is 1. The molecule has 19 heavy (non-hydrogen) atoms. The van der Waals surface area contributed by atoms with E-state index in [2.05, 4.69) is 32.9 Å². The van der Waals surface area contributed by atoms with Gasteiger partial charge in [0.1, 0.15) is 0 Å². The molecular formula is C15H15IN2O. The molecule has 2 aromatic rings. The molecule has 0 fully saturated rings. The molecule has 4 heteroatoms. The Balaban J connectivity index is 2.10. The van der Waals surface area contributed by atoms with E-state index in [-0.39, 0.29) is 5.91 Å². The van der Waals surface area contributed by atoms with Gasteiger partial charge >= 0.3 is 0 Å². The van der Waals surface area contributed by atoms with Crippen molar-refractivity contribution in [3.05, 3.63) is 62.5 Å². The summed E-state index contributed by atoms with van der Waals surface area (Å²) < 4.78 is 1.00. The summed E-state index contributed by atoms with van der Waals surface area (Å²) in [6, 6.07) is 7.70. The number of benzene rings is 1. The van der Waals surface area contributed by atoms with Crippen LogP contribution >= 0.6 is 22.6 Å². The maximum Gasteiger partial charge on any atom is 0.252 e. The highest BCUT2D eigenvalue weighted by molar-refractivity contribution is 14.1. The normalized spacial score (nSPS) is 10.3. The maximum atomic E-state index is 12.2. The number of carbonyl (C=O) groups excluding carboxylic acids is 1. The fourth-order valence-corrected chi connectivity index (χ4v) is 2.38. The predicted octanol–water partition coefficient (Wildman–Crippen LogP) is 3.23. The van der Waals surface area contributed by atoms with Gasteiger partial charge in [0.2, 0.25) is 0 Å². The zero-order valence-electron chi connectivity index (χ0n) is 10.9. The molecule has 3 nitrogen and oxygen atoms in total. The van der Waals surface area contributed by atoms with Gasteiger partial charge in [-0.1, -0.05) is 12.1 Å². The van der Waals surface area contributed by atoms with Gasteiger partial charge in [-0.3, -0.25) is 9.78 Å². The zero-order chi connectivity index (χ0) is 13.8. The highest BCUT2D eigenvalue weighted by Gasteiger charge is 2.11. The van der Waals surface area contributed by atoms with Gasteiger partial charge in [0.05, 0.1) is 5.56 Å². The summed E-state index contributed by atoms with van der Waals surface area (Å²) in [5.41, 5.74) is 4.01. The Bertz CT molecular complexity index is 611. The van der Waals surface area contributed by atoms with Gasteiger partial charge in [0, 0.05) is 22.5 Å². The minimum Gasteiger partial charge on any atom is -0.348 e. The van der Waals surface area contributed by atoms with Crippen molar-refractivity contribution in [1.29, 1.82) is 0 Å². The first-order valence-corrected chi connectivity index (χ1v) is 7.10. The van der Waals surface area contributed by atoms with E-state index in [1.54, 1.807) is 12.4 Å². The number of hydrogen-bond acceptors (Lipinski definition) is 2. The van der Waals surface area contributed by atoms with Crippen LogP contribution < -0.4 is 5.32 Å². The Morgan fingerprint density at radius 1 is 1.26 bits per heavy atom. The van der Waals surface area contributed by atoms with Crippen molar-refractivity contribution in [2.75, 3.05) is 0 Å². The second-order valence-corrected chi connectivity index (χ2v) is 5.50. The summed E-state index contributed by atoms with van der Waals surface area (Å²) in [6.07, 6.45) is 3.54. The Morgan fingerprint density at radius 3 is 2.79 bits per heavy atom. The summed E-state index contributed by atoms with van der Waals surface area (Å²) >= 11 is 2.21. The SMILES string of the molecule is Cc1ccncc1CNC(=O)c1cccc(C)c1I. The number of halogens is 1. The molecule has 0 saturated carbocycles. The van der Waals surface area contributed by atoms with Crippen molar-refractivity contribution >= 4 is 28.5 Å². The number of amides is 1. The topological polar surface area (TPSA) is 42.0 Å². The molecule has 0 radical (unpaired) electrons. The molecule has 1 aromatic carbocycles. The van der Waals surface area contributed by atoms with Crippen molar-refractivity contribution in [1.82, 2.24) is 10.3 Å². The number of hydrogen-bond donors (Lipinski definition) is 1. The number of aromatic nitrogens is 1. The van der Waals surface area contributed by atoms with Gasteiger partial charge in [-0.15, -0.1) is 0 Å². The molecule has 1 amide bonds. The van der Waals surface area contributed by atoms with E-state index in [0.29, 0.717) is 6.54 Å². The number of rotatable bonds is 3. The lowest BCUT2D eigenvalue weighted by Gasteiger charge is -2.09. The zero-order valence-corrected chi connectivity index (χ0v) is 13.1. The van der Waals surface area contributed by atoms with Gasteiger partial charge in [-0.25, -0.2) is 0 Å². The summed E-state index contributed by atoms with van der Waals surface area (Å²) in [6.45, 7) is 4.52. The van der Waals surface area contributed by atoms with Crippen LogP contribution in [0.15, 0.2) is 36.7 Å². The quantitative estimate of drug-likeness (QED) is 0.848. The highest BCUT2D eigenvalue weighted by Crippen LogP contribution is 2.16. The second kappa shape index (κ2) is 6.14. The number of carbonyl (C=O) groups is 1. The first-order chi connectivity index (χ1) is 9.09. The van der Waals surface area contributed by atoms with E-state index in [1.165, 1.54) is 0 Å². The summed E-state index contributed by atoms with van der Waals surface area (Å²) in [4.78, 5) is 16.2. The van der Waals surface area contributed by atoms with Gasteiger partial charge < -0.3 is 5.32 Å². The van der Waals surface area contributed by atoms with Crippen molar-refractivity contribution < 1.29 is 4.79 Å². The minimum absolute atomic E-state index is 0.0450. The standard InChI is InChI=1S/C15H15IN2O/c1-10-6-7-17-8-12(10)9-18-15(19)13-5-3-4-11(2)14(13)16/h3-8H,9H2,1-2H3,(H,18,19). The molecule has 0 spiro atoms. The van der Waals surface area contributed by atoms with Crippen LogP contribution in [-0.2, 0) is 6.54 Å². The Labute approximate surface area is 126 Å². The number of pyridine rings is 1. The van der Waals surface area contributed by atoms with Crippen LogP contribution in [0.1, 0.15) is 27.0 Å². The summed E-state index contributed by atoms with van der Waals surface area (Å²) in [5, 5.41) is 2.94. The van der Waals surface area contributed by atoms with Crippen molar-refractivity contribution in [3.63, 3.8) is 0 Å². The first kappa shape index (κ1) is 14.0. The molecular weight excluding hydrogens is 351 g/mol. The molecule has 0 bridgehead atoms. The van der Waals surface area contributed by atoms with E-state index in [9.17, 15) is 4.79 Å². The maximum absolute atomic E-state index is 12.2. The lowest BCUT2D eigenvalue weighted by molar-refractivity contribution is 0.0950. The van der Waals surface area contributed by atoms with Crippen LogP contribution in [0.25, 0.3) is 0 Å². The van der Waals surface area contributed by atoms with Crippen LogP contribution in [0.5, 0.6) is 0 Å². The van der Waals surface area contributed by atoms with Crippen LogP contribution in [0, 0.1) is 17.4 Å². The summed E-state index contributed by atoms with van der Waals surface area (Å²) in [7, 11) is 0. The molecule has 2 rings (SSSR count). The fourth-order valence-electron chi connectivity index (χ4n) is 1.78. The number of aryl methyl sites for hydroxylation is 2. The summed E-state index contributed by atoms with van der Waals surface area (Å²) in [5.74, 6) is -0.0450. The van der Waals surface area contributed by atoms with Crippen LogP contribution in [0.4, 0.5) is 0 Å². The van der Waals surface area contributed by atoms with E-state index >= 15 is 0 Å². The highest BCUT2D eigenvalue weighted by atomic mass is 127. The average molecular weight is 366 g/mol. The van der Waals surface area contributed by atoms with Crippen LogP contribution in [-0.4, -0.2) is 10.9 Å². The molecule has 0 aliphatic rings. The molecule has 1 N–H and O–H groups in total. The Hall–Kier alpha value is -1.43. The van der Waals surface area contributed by atoms with E-state index in [0.717, 1.165) is 25.8 Å². The Morgan fingerprint density at radius 2 is 2.05 bits per heavy atom. The van der Waals surface area contributed by atoms with E-state index < -0.39 is 0 Å². The molecule has 1 aromatic heterocycles. The lowest BCUT2D eigenvalue weighted by Crippen LogP contribution is -2.24. The largest absolute Gasteiger partial charge is 0.348 e. The lowest BCUT2D eigenvalue weighted by atomic mass is 10.1. The van der Waals surface area contributed by atoms with E-state index in [4.69, 9.17) is 0 Å². The third-order valence-electron chi connectivity index (χ3n) is 3.02. The van der Waals surface area contributed by atoms with Crippen molar-refractivity contribution in [2.24, 2.45) is 0 Å². The molecule has 0 aliphatic heterocycles. The monoisotopic (exact) mass is 366 g/mol. The molecule has 98 valence electrons. The van der Waals surface area contributed by atoms with Gasteiger partial charge in [0.25, 0.3) is 5.91 Å². The van der Waals surface area contributed by atoms with Gasteiger partial charge in [-0.05, 0) is 65.3 Å². The fraction of sp³-hybridized carbons (Fsp3) is 0.200. The smallest absolute Gasteiger partial charge is 0.252 e. The third-order valence-corrected chi connectivity index (χ3v) is 4.46. The van der Waals surface area contributed by atoms with Crippen LogP contribution in [0.3, 0.4) is 0 Å². The minimum atomic E-state index is -0.0450. The van der Waals surface area contributed by atoms with Crippen molar-refractivity contribution in [3.8, 4) is 0 Å². The van der Waals surface area contributed by atoms with Gasteiger partial charge in [0.15, 0.2) is 0 Å². The molecule has 0 atom stereocenters. The predicted molar refractivity (Wildman–Crippen MR) is 84.0 cm³/mol. The Kier molecular flexibility index (Phi) is 4.52. The van der Waals surface area contributed by atoms with E-state index in [1.807, 2.05) is 38.1 Å². The van der Waals surface area contributed by atoms with Crippen molar-refractivity contribution in [2.45, 2.75) is 20.4 Å². The molecule has 0 unspecified atom stereocenters. The van der Waals surface area contributed by atoms with Crippen LogP contribution in [0.2, 0.25) is 0 Å². The first-order valence-electron chi connectivity index (χ1n) is 6.02. The average Bonchev–Trinajstić information content (AvgIpc) is 2.40. The third kappa shape index (κ3) is 3.32.